The van der Waals surface area contributed by atoms with Gasteiger partial charge in [-0.15, -0.1) is 0 Å². The number of methoxy groups -OCH3 is 2. The Bertz CT molecular complexity index is 944. The number of carbonyl (C=O) groups excluding carboxylic acids is 1. The molecule has 3 aromatic rings. The van der Waals surface area contributed by atoms with Gasteiger partial charge in [0, 0.05) is 5.56 Å². The molecule has 27 heavy (non-hydrogen) atoms. The summed E-state index contributed by atoms with van der Waals surface area (Å²) in [5.41, 5.74) is 5.98. The second-order valence-electron chi connectivity index (χ2n) is 5.76. The molecule has 7 heteroatoms. The molecular formula is C20H20N4O3. The van der Waals surface area contributed by atoms with Gasteiger partial charge in [0.2, 0.25) is 0 Å². The quantitative estimate of drug-likeness (QED) is 0.519. The molecule has 3 rings (SSSR count). The van der Waals surface area contributed by atoms with Gasteiger partial charge in [0.25, 0.3) is 5.91 Å². The first-order chi connectivity index (χ1) is 13.1. The zero-order valence-electron chi connectivity index (χ0n) is 15.3. The van der Waals surface area contributed by atoms with Crippen LogP contribution in [0, 0.1) is 0 Å². The summed E-state index contributed by atoms with van der Waals surface area (Å²) in [5, 5.41) is 11.1. The van der Waals surface area contributed by atoms with Crippen molar-refractivity contribution in [2.75, 3.05) is 14.2 Å². The summed E-state index contributed by atoms with van der Waals surface area (Å²) in [6.07, 6.45) is 0. The Morgan fingerprint density at radius 1 is 1.00 bits per heavy atom. The second kappa shape index (κ2) is 8.18. The van der Waals surface area contributed by atoms with Gasteiger partial charge in [-0.05, 0) is 67.1 Å². The van der Waals surface area contributed by atoms with E-state index in [2.05, 4.69) is 20.7 Å². The highest BCUT2D eigenvalue weighted by molar-refractivity contribution is 6.00. The minimum atomic E-state index is -0.366. The normalized spacial score (nSPS) is 11.1. The van der Waals surface area contributed by atoms with Crippen LogP contribution in [0.15, 0.2) is 59.7 Å². The maximum Gasteiger partial charge on any atom is 0.289 e. The zero-order chi connectivity index (χ0) is 19.2. The van der Waals surface area contributed by atoms with Gasteiger partial charge in [-0.3, -0.25) is 9.89 Å². The molecule has 1 amide bonds. The van der Waals surface area contributed by atoms with Crippen LogP contribution >= 0.6 is 0 Å². The summed E-state index contributed by atoms with van der Waals surface area (Å²) in [7, 11) is 3.22. The van der Waals surface area contributed by atoms with Gasteiger partial charge in [0.1, 0.15) is 17.2 Å². The van der Waals surface area contributed by atoms with Crippen LogP contribution in [0.1, 0.15) is 23.0 Å². The first-order valence-corrected chi connectivity index (χ1v) is 8.29. The summed E-state index contributed by atoms with van der Waals surface area (Å²) in [4.78, 5) is 12.3. The molecule has 2 N–H and O–H groups in total. The molecule has 0 unspecified atom stereocenters. The van der Waals surface area contributed by atoms with Gasteiger partial charge >= 0.3 is 0 Å². The second-order valence-corrected chi connectivity index (χ2v) is 5.76. The lowest BCUT2D eigenvalue weighted by atomic mass is 10.1. The SMILES string of the molecule is COc1ccc(C(C)=NNC(=O)c2cc(-c3ccc(OC)cc3)n[nH]2)cc1. The number of hydrazone groups is 1. The van der Waals surface area contributed by atoms with Gasteiger partial charge in [0.15, 0.2) is 0 Å². The van der Waals surface area contributed by atoms with Gasteiger partial charge in [-0.1, -0.05) is 0 Å². The topological polar surface area (TPSA) is 88.6 Å². The molecule has 0 aliphatic rings. The number of nitrogens with one attached hydrogen (secondary N) is 2. The molecule has 0 radical (unpaired) electrons. The fourth-order valence-electron chi connectivity index (χ4n) is 2.44. The van der Waals surface area contributed by atoms with Crippen LogP contribution in [0.3, 0.4) is 0 Å². The standard InChI is InChI=1S/C20H20N4O3/c1-13(14-4-8-16(26-2)9-5-14)21-24-20(25)19-12-18(22-23-19)15-6-10-17(27-3)11-7-15/h4-12H,1-3H3,(H,22,23)(H,24,25). The lowest BCUT2D eigenvalue weighted by Gasteiger charge is -2.03. The average molecular weight is 364 g/mol. The number of nitrogens with zero attached hydrogens (tertiary/aromatic N) is 2. The molecule has 0 fully saturated rings. The predicted molar refractivity (Wildman–Crippen MR) is 103 cm³/mol. The van der Waals surface area contributed by atoms with Crippen LogP contribution in [0.5, 0.6) is 11.5 Å². The molecule has 0 atom stereocenters. The number of amides is 1. The fraction of sp³-hybridized carbons (Fsp3) is 0.150. The average Bonchev–Trinajstić information content (AvgIpc) is 3.22. The van der Waals surface area contributed by atoms with Crippen LogP contribution in [0.25, 0.3) is 11.3 Å². The third-order valence-electron chi connectivity index (χ3n) is 4.04. The highest BCUT2D eigenvalue weighted by Crippen LogP contribution is 2.21. The minimum Gasteiger partial charge on any atom is -0.497 e. The van der Waals surface area contributed by atoms with Gasteiger partial charge in [-0.25, -0.2) is 5.43 Å². The van der Waals surface area contributed by atoms with E-state index in [9.17, 15) is 4.79 Å². The Balaban J connectivity index is 1.67. The van der Waals surface area contributed by atoms with Crippen molar-refractivity contribution in [1.29, 1.82) is 0 Å². The van der Waals surface area contributed by atoms with Crippen molar-refractivity contribution < 1.29 is 14.3 Å². The molecule has 0 saturated heterocycles. The largest absolute Gasteiger partial charge is 0.497 e. The predicted octanol–water partition coefficient (Wildman–Crippen LogP) is 3.25. The van der Waals surface area contributed by atoms with E-state index in [-0.39, 0.29) is 5.91 Å². The van der Waals surface area contributed by atoms with E-state index in [0.717, 1.165) is 22.6 Å². The Morgan fingerprint density at radius 3 is 2.19 bits per heavy atom. The highest BCUT2D eigenvalue weighted by atomic mass is 16.5. The van der Waals surface area contributed by atoms with E-state index < -0.39 is 0 Å². The number of H-pyrrole nitrogens is 1. The molecule has 0 aliphatic heterocycles. The maximum atomic E-state index is 12.3. The molecule has 1 aromatic heterocycles. The van der Waals surface area contributed by atoms with Crippen LogP contribution in [-0.2, 0) is 0 Å². The van der Waals surface area contributed by atoms with Crippen LogP contribution in [0.4, 0.5) is 0 Å². The number of hydrogen-bond donors (Lipinski definition) is 2. The Kier molecular flexibility index (Phi) is 5.51. The van der Waals surface area contributed by atoms with Crippen molar-refractivity contribution in [3.63, 3.8) is 0 Å². The Labute approximate surface area is 157 Å². The van der Waals surface area contributed by atoms with E-state index in [4.69, 9.17) is 9.47 Å². The number of aromatic nitrogens is 2. The third-order valence-corrected chi connectivity index (χ3v) is 4.04. The third kappa shape index (κ3) is 4.33. The number of rotatable bonds is 6. The fourth-order valence-corrected chi connectivity index (χ4v) is 2.44. The van der Waals surface area contributed by atoms with Gasteiger partial charge in [0.05, 0.1) is 25.6 Å². The monoisotopic (exact) mass is 364 g/mol. The molecular weight excluding hydrogens is 344 g/mol. The maximum absolute atomic E-state index is 12.3. The van der Waals surface area contributed by atoms with Crippen molar-refractivity contribution in [2.24, 2.45) is 5.10 Å². The Morgan fingerprint density at radius 2 is 1.59 bits per heavy atom. The lowest BCUT2D eigenvalue weighted by Crippen LogP contribution is -2.19. The van der Waals surface area contributed by atoms with Crippen LogP contribution in [-0.4, -0.2) is 36.0 Å². The van der Waals surface area contributed by atoms with Gasteiger partial charge < -0.3 is 9.47 Å². The molecule has 138 valence electrons. The summed E-state index contributed by atoms with van der Waals surface area (Å²) >= 11 is 0. The number of benzene rings is 2. The number of hydrogen-bond acceptors (Lipinski definition) is 5. The number of aromatic amines is 1. The van der Waals surface area contributed by atoms with Crippen molar-refractivity contribution in [2.45, 2.75) is 6.92 Å². The molecule has 7 nitrogen and oxygen atoms in total. The van der Waals surface area contributed by atoms with Crippen LogP contribution < -0.4 is 14.9 Å². The summed E-state index contributed by atoms with van der Waals surface area (Å²) in [5.74, 6) is 1.16. The van der Waals surface area contributed by atoms with E-state index >= 15 is 0 Å². The summed E-state index contributed by atoms with van der Waals surface area (Å²) in [6, 6.07) is 16.5. The molecule has 0 spiro atoms. The van der Waals surface area contributed by atoms with Crippen LogP contribution in [0.2, 0.25) is 0 Å². The van der Waals surface area contributed by atoms with E-state index in [1.165, 1.54) is 0 Å². The van der Waals surface area contributed by atoms with Crippen molar-refractivity contribution >= 4 is 11.6 Å². The van der Waals surface area contributed by atoms with E-state index in [1.807, 2.05) is 55.5 Å². The van der Waals surface area contributed by atoms with Crippen molar-refractivity contribution in [1.82, 2.24) is 15.6 Å². The molecule has 0 saturated carbocycles. The number of carbonyl (C=O) groups is 1. The van der Waals surface area contributed by atoms with E-state index in [0.29, 0.717) is 17.1 Å². The smallest absolute Gasteiger partial charge is 0.289 e. The molecule has 0 bridgehead atoms. The summed E-state index contributed by atoms with van der Waals surface area (Å²) in [6.45, 7) is 1.82. The highest BCUT2D eigenvalue weighted by Gasteiger charge is 2.11. The van der Waals surface area contributed by atoms with E-state index in [1.54, 1.807) is 20.3 Å². The first kappa shape index (κ1) is 18.2. The molecule has 1 heterocycles. The van der Waals surface area contributed by atoms with Crippen molar-refractivity contribution in [3.05, 3.63) is 65.9 Å². The minimum absolute atomic E-state index is 0.326. The van der Waals surface area contributed by atoms with Crippen molar-refractivity contribution in [3.8, 4) is 22.8 Å². The first-order valence-electron chi connectivity index (χ1n) is 8.29. The van der Waals surface area contributed by atoms with Gasteiger partial charge in [-0.2, -0.15) is 10.2 Å². The lowest BCUT2D eigenvalue weighted by molar-refractivity contribution is 0.0950. The Hall–Kier alpha value is -3.61. The number of ether oxygens (including phenoxy) is 2. The molecule has 2 aromatic carbocycles. The summed E-state index contributed by atoms with van der Waals surface area (Å²) < 4.78 is 10.3. The zero-order valence-corrected chi connectivity index (χ0v) is 15.3. The molecule has 0 aliphatic carbocycles.